The van der Waals surface area contributed by atoms with Gasteiger partial charge in [0, 0.05) is 6.54 Å². The van der Waals surface area contributed by atoms with E-state index in [0.717, 1.165) is 6.42 Å². The fourth-order valence-electron chi connectivity index (χ4n) is 2.17. The van der Waals surface area contributed by atoms with Crippen molar-refractivity contribution in [3.8, 4) is 0 Å². The first kappa shape index (κ1) is 15.8. The lowest BCUT2D eigenvalue weighted by Gasteiger charge is -2.32. The maximum Gasteiger partial charge on any atom is 0.410 e. The Hall–Kier alpha value is -1.30. The summed E-state index contributed by atoms with van der Waals surface area (Å²) in [5.41, 5.74) is -0.604. The molecule has 3 atom stereocenters. The molecule has 6 nitrogen and oxygen atoms in total. The Balaban J connectivity index is 2.73. The molecule has 1 amide bonds. The number of aliphatic hydroxyl groups is 1. The van der Waals surface area contributed by atoms with E-state index in [1.54, 1.807) is 20.8 Å². The Morgan fingerprint density at radius 1 is 1.37 bits per heavy atom. The third kappa shape index (κ3) is 4.09. The quantitative estimate of drug-likeness (QED) is 0.813. The number of carbonyl (C=O) groups excluding carboxylic acids is 1. The average molecular weight is 273 g/mol. The molecule has 1 heterocycles. The summed E-state index contributed by atoms with van der Waals surface area (Å²) >= 11 is 0. The molecule has 6 heteroatoms. The molecule has 2 N–H and O–H groups in total. The van der Waals surface area contributed by atoms with E-state index in [4.69, 9.17) is 9.84 Å². The summed E-state index contributed by atoms with van der Waals surface area (Å²) in [7, 11) is 0. The van der Waals surface area contributed by atoms with E-state index in [2.05, 4.69) is 0 Å². The van der Waals surface area contributed by atoms with Gasteiger partial charge in [-0.15, -0.1) is 0 Å². The third-order valence-electron chi connectivity index (χ3n) is 3.22. The molecule has 1 aliphatic heterocycles. The summed E-state index contributed by atoms with van der Waals surface area (Å²) in [5.74, 6) is -1.98. The van der Waals surface area contributed by atoms with E-state index in [1.807, 2.05) is 0 Å². The zero-order valence-electron chi connectivity index (χ0n) is 11.9. The van der Waals surface area contributed by atoms with Crippen LogP contribution in [0, 0.1) is 5.92 Å². The van der Waals surface area contributed by atoms with Crippen LogP contribution < -0.4 is 0 Å². The molecule has 1 saturated heterocycles. The van der Waals surface area contributed by atoms with Crippen LogP contribution in [0.15, 0.2) is 0 Å². The van der Waals surface area contributed by atoms with Gasteiger partial charge >= 0.3 is 12.1 Å². The van der Waals surface area contributed by atoms with Crippen LogP contribution in [0.3, 0.4) is 0 Å². The monoisotopic (exact) mass is 273 g/mol. The van der Waals surface area contributed by atoms with Gasteiger partial charge in [0.2, 0.25) is 0 Å². The second-order valence-electron chi connectivity index (χ2n) is 6.00. The van der Waals surface area contributed by atoms with Gasteiger partial charge < -0.3 is 19.8 Å². The van der Waals surface area contributed by atoms with Crippen molar-refractivity contribution >= 4 is 12.1 Å². The highest BCUT2D eigenvalue weighted by atomic mass is 16.6. The van der Waals surface area contributed by atoms with Crippen molar-refractivity contribution in [2.24, 2.45) is 5.92 Å². The highest BCUT2D eigenvalue weighted by molar-refractivity contribution is 5.71. The first-order valence-electron chi connectivity index (χ1n) is 6.54. The maximum absolute atomic E-state index is 12.0. The van der Waals surface area contributed by atoms with Gasteiger partial charge in [-0.3, -0.25) is 4.79 Å². The number of hydrogen-bond acceptors (Lipinski definition) is 4. The van der Waals surface area contributed by atoms with Crippen molar-refractivity contribution in [3.63, 3.8) is 0 Å². The molecule has 1 rings (SSSR count). The second kappa shape index (κ2) is 5.77. The fourth-order valence-corrected chi connectivity index (χ4v) is 2.17. The summed E-state index contributed by atoms with van der Waals surface area (Å²) in [6, 6.07) is -0.485. The normalized spacial score (nSPS) is 23.0. The fraction of sp³-hybridized carbons (Fsp3) is 0.846. The number of carboxylic acid groups (broad SMARTS) is 1. The largest absolute Gasteiger partial charge is 0.481 e. The molecule has 0 aliphatic carbocycles. The molecule has 0 bridgehead atoms. The van der Waals surface area contributed by atoms with Crippen molar-refractivity contribution in [3.05, 3.63) is 0 Å². The zero-order chi connectivity index (χ0) is 14.8. The standard InChI is InChI=1S/C13H23NO5/c1-8(11(16)17)10(15)9-6-5-7-14(9)12(18)19-13(2,3)4/h8-10,15H,5-7H2,1-4H3,(H,16,17). The van der Waals surface area contributed by atoms with E-state index in [-0.39, 0.29) is 0 Å². The van der Waals surface area contributed by atoms with Crippen LogP contribution in [-0.4, -0.2) is 51.5 Å². The van der Waals surface area contributed by atoms with Crippen LogP contribution in [0.1, 0.15) is 40.5 Å². The molecule has 0 aromatic carbocycles. The lowest BCUT2D eigenvalue weighted by molar-refractivity contribution is -0.146. The Morgan fingerprint density at radius 2 is 1.95 bits per heavy atom. The first-order chi connectivity index (χ1) is 8.63. The lowest BCUT2D eigenvalue weighted by atomic mass is 9.96. The van der Waals surface area contributed by atoms with Crippen LogP contribution in [0.5, 0.6) is 0 Å². The number of carboxylic acids is 1. The van der Waals surface area contributed by atoms with Gasteiger partial charge in [-0.05, 0) is 40.5 Å². The van der Waals surface area contributed by atoms with E-state index < -0.39 is 35.7 Å². The van der Waals surface area contributed by atoms with Crippen LogP contribution in [0.4, 0.5) is 4.79 Å². The Morgan fingerprint density at radius 3 is 2.42 bits per heavy atom. The zero-order valence-corrected chi connectivity index (χ0v) is 11.9. The number of amides is 1. The minimum absolute atomic E-state index is 0.485. The van der Waals surface area contributed by atoms with Crippen molar-refractivity contribution in [1.82, 2.24) is 4.90 Å². The predicted octanol–water partition coefficient (Wildman–Crippen LogP) is 1.47. The molecular formula is C13H23NO5. The molecule has 0 saturated carbocycles. The number of aliphatic hydroxyl groups excluding tert-OH is 1. The van der Waals surface area contributed by atoms with E-state index in [0.29, 0.717) is 13.0 Å². The minimum Gasteiger partial charge on any atom is -0.481 e. The number of hydrogen-bond donors (Lipinski definition) is 2. The lowest BCUT2D eigenvalue weighted by Crippen LogP contribution is -2.48. The van der Waals surface area contributed by atoms with Gasteiger partial charge in [0.25, 0.3) is 0 Å². The highest BCUT2D eigenvalue weighted by Crippen LogP contribution is 2.26. The van der Waals surface area contributed by atoms with Crippen molar-refractivity contribution in [1.29, 1.82) is 0 Å². The topological polar surface area (TPSA) is 87.1 Å². The molecule has 0 aromatic heterocycles. The number of nitrogens with zero attached hydrogens (tertiary/aromatic N) is 1. The van der Waals surface area contributed by atoms with Crippen molar-refractivity contribution in [2.45, 2.75) is 58.3 Å². The Kier molecular flexibility index (Phi) is 4.79. The predicted molar refractivity (Wildman–Crippen MR) is 68.8 cm³/mol. The third-order valence-corrected chi connectivity index (χ3v) is 3.22. The summed E-state index contributed by atoms with van der Waals surface area (Å²) in [6.45, 7) is 7.24. The first-order valence-corrected chi connectivity index (χ1v) is 6.54. The van der Waals surface area contributed by atoms with Gasteiger partial charge in [-0.2, -0.15) is 0 Å². The van der Waals surface area contributed by atoms with Gasteiger partial charge in [0.1, 0.15) is 5.60 Å². The summed E-state index contributed by atoms with van der Waals surface area (Å²) in [4.78, 5) is 24.4. The molecule has 3 unspecified atom stereocenters. The maximum atomic E-state index is 12.0. The SMILES string of the molecule is CC(C(=O)O)C(O)C1CCCN1C(=O)OC(C)(C)C. The van der Waals surface area contributed by atoms with Gasteiger partial charge in [0.05, 0.1) is 18.1 Å². The molecule has 1 aliphatic rings. The molecule has 0 radical (unpaired) electrons. The van der Waals surface area contributed by atoms with Gasteiger partial charge in [0.15, 0.2) is 0 Å². The molecule has 1 fully saturated rings. The van der Waals surface area contributed by atoms with E-state index in [9.17, 15) is 14.7 Å². The number of carbonyl (C=O) groups is 2. The summed E-state index contributed by atoms with van der Waals surface area (Å²) in [5, 5.41) is 19.0. The number of ether oxygens (including phenoxy) is 1. The van der Waals surface area contributed by atoms with Crippen LogP contribution in [-0.2, 0) is 9.53 Å². The van der Waals surface area contributed by atoms with E-state index in [1.165, 1.54) is 11.8 Å². The molecule has 0 aromatic rings. The molecule has 110 valence electrons. The van der Waals surface area contributed by atoms with Crippen molar-refractivity contribution < 1.29 is 24.5 Å². The highest BCUT2D eigenvalue weighted by Gasteiger charge is 2.40. The number of likely N-dealkylation sites (tertiary alicyclic amines) is 1. The molecular weight excluding hydrogens is 250 g/mol. The van der Waals surface area contributed by atoms with Crippen molar-refractivity contribution in [2.75, 3.05) is 6.54 Å². The van der Waals surface area contributed by atoms with Crippen LogP contribution in [0.2, 0.25) is 0 Å². The van der Waals surface area contributed by atoms with Gasteiger partial charge in [-0.1, -0.05) is 0 Å². The number of aliphatic carboxylic acids is 1. The summed E-state index contributed by atoms with van der Waals surface area (Å²) in [6.07, 6.45) is -0.232. The second-order valence-corrected chi connectivity index (χ2v) is 6.00. The summed E-state index contributed by atoms with van der Waals surface area (Å²) < 4.78 is 5.27. The minimum atomic E-state index is -1.08. The number of rotatable bonds is 3. The van der Waals surface area contributed by atoms with Gasteiger partial charge in [-0.25, -0.2) is 4.79 Å². The van der Waals surface area contributed by atoms with Crippen LogP contribution >= 0.6 is 0 Å². The smallest absolute Gasteiger partial charge is 0.410 e. The van der Waals surface area contributed by atoms with E-state index >= 15 is 0 Å². The Bertz CT molecular complexity index is 349. The average Bonchev–Trinajstić information content (AvgIpc) is 2.73. The molecule has 19 heavy (non-hydrogen) atoms. The van der Waals surface area contributed by atoms with Crippen LogP contribution in [0.25, 0.3) is 0 Å². The molecule has 0 spiro atoms. The Labute approximate surface area is 113 Å².